The van der Waals surface area contributed by atoms with Gasteiger partial charge < -0.3 is 4.42 Å². The van der Waals surface area contributed by atoms with Crippen LogP contribution in [0.25, 0.3) is 21.8 Å². The first kappa shape index (κ1) is 24.0. The summed E-state index contributed by atoms with van der Waals surface area (Å²) in [6.07, 6.45) is -8.87. The second kappa shape index (κ2) is 8.15. The molecule has 0 spiro atoms. The molecule has 0 bridgehead atoms. The van der Waals surface area contributed by atoms with E-state index >= 15 is 0 Å². The quantitative estimate of drug-likeness (QED) is 0.235. The monoisotopic (exact) mass is 527 g/mol. The van der Waals surface area contributed by atoms with Crippen molar-refractivity contribution in [1.29, 1.82) is 0 Å². The van der Waals surface area contributed by atoms with E-state index in [2.05, 4.69) is 20.1 Å². The zero-order valence-electron chi connectivity index (χ0n) is 17.9. The Hall–Kier alpha value is -3.74. The van der Waals surface area contributed by atoms with E-state index < -0.39 is 41.8 Å². The first-order valence-electron chi connectivity index (χ1n) is 10.2. The summed E-state index contributed by atoms with van der Waals surface area (Å²) in [6, 6.07) is 4.66. The lowest BCUT2D eigenvalue weighted by molar-refractivity contribution is -0.140. The van der Waals surface area contributed by atoms with Gasteiger partial charge in [-0.25, -0.2) is 24.8 Å². The first-order chi connectivity index (χ1) is 16.8. The molecule has 186 valence electrons. The Labute approximate surface area is 202 Å². The summed E-state index contributed by atoms with van der Waals surface area (Å²) in [6.45, 7) is 1.51. The normalized spacial score (nSPS) is 16.7. The molecule has 1 unspecified atom stereocenters. The summed E-state index contributed by atoms with van der Waals surface area (Å²) in [5, 5.41) is 4.62. The second-order valence-corrected chi connectivity index (χ2v) is 8.32. The molecule has 0 saturated carbocycles. The fourth-order valence-electron chi connectivity index (χ4n) is 3.94. The van der Waals surface area contributed by atoms with Crippen LogP contribution < -0.4 is 10.6 Å². The summed E-state index contributed by atoms with van der Waals surface area (Å²) in [4.78, 5) is 24.7. The molecule has 0 aliphatic carbocycles. The van der Waals surface area contributed by atoms with Crippen LogP contribution >= 0.6 is 11.6 Å². The van der Waals surface area contributed by atoms with E-state index in [0.29, 0.717) is 5.56 Å². The number of halogens is 7. The van der Waals surface area contributed by atoms with Crippen LogP contribution in [0.4, 0.5) is 32.2 Å². The molecule has 1 aliphatic heterocycles. The maximum Gasteiger partial charge on any atom is 0.433 e. The zero-order chi connectivity index (χ0) is 26.0. The number of anilines is 1. The molecule has 5 rings (SSSR count). The van der Waals surface area contributed by atoms with Gasteiger partial charge in [0.2, 0.25) is 5.89 Å². The van der Waals surface area contributed by atoms with Crippen molar-refractivity contribution in [3.8, 4) is 0 Å². The third kappa shape index (κ3) is 4.02. The highest BCUT2D eigenvalue weighted by Gasteiger charge is 2.46. The second-order valence-electron chi connectivity index (χ2n) is 7.92. The molecular formula is C22H12ClF6N5O2. The van der Waals surface area contributed by atoms with Crippen molar-refractivity contribution in [1.82, 2.24) is 15.0 Å². The molecule has 1 aromatic carbocycles. The lowest BCUT2D eigenvalue weighted by Gasteiger charge is -2.21. The predicted octanol–water partition coefficient (Wildman–Crippen LogP) is 5.98. The minimum Gasteiger partial charge on any atom is -0.405 e. The average molecular weight is 528 g/mol. The number of hydrogen-bond acceptors (Lipinski definition) is 7. The van der Waals surface area contributed by atoms with Gasteiger partial charge in [-0.15, -0.1) is 0 Å². The minimum atomic E-state index is -4.78. The van der Waals surface area contributed by atoms with Crippen LogP contribution in [0.1, 0.15) is 29.6 Å². The van der Waals surface area contributed by atoms with E-state index in [-0.39, 0.29) is 38.5 Å². The van der Waals surface area contributed by atoms with Crippen molar-refractivity contribution in [2.75, 3.05) is 5.01 Å². The topological polar surface area (TPSA) is 84.5 Å². The number of aryl methyl sites for hydroxylation is 1. The number of hydrazone groups is 1. The fourth-order valence-corrected chi connectivity index (χ4v) is 4.14. The molecule has 14 heteroatoms. The summed E-state index contributed by atoms with van der Waals surface area (Å²) in [5.74, 6) is -0.494. The van der Waals surface area contributed by atoms with E-state index in [0.717, 1.165) is 17.1 Å². The van der Waals surface area contributed by atoms with Crippen molar-refractivity contribution in [3.63, 3.8) is 0 Å². The Bertz CT molecular complexity index is 1620. The van der Waals surface area contributed by atoms with Crippen molar-refractivity contribution in [3.05, 3.63) is 69.1 Å². The summed E-state index contributed by atoms with van der Waals surface area (Å²) in [7, 11) is 0. The Morgan fingerprint density at radius 1 is 1.06 bits per heavy atom. The van der Waals surface area contributed by atoms with E-state index in [4.69, 9.17) is 16.0 Å². The standard InChI is InChI=1S/C22H12ClF6N5O2/c1-9-10-4-5-15(21(24,25)26)31-13(10)7-11-17(9)32-19(36-20(11)35)14-8-16(22(27,28)29)33-34(14)18-12(23)3-2-6-30-18/h2-7,14H,8H2,1H3. The molecule has 0 radical (unpaired) electrons. The van der Waals surface area contributed by atoms with Crippen molar-refractivity contribution < 1.29 is 30.8 Å². The summed E-state index contributed by atoms with van der Waals surface area (Å²) < 4.78 is 85.1. The van der Waals surface area contributed by atoms with Crippen molar-refractivity contribution >= 4 is 44.9 Å². The molecule has 0 fully saturated rings. The molecular weight excluding hydrogens is 516 g/mol. The van der Waals surface area contributed by atoms with Crippen LogP contribution in [-0.4, -0.2) is 26.8 Å². The van der Waals surface area contributed by atoms with Gasteiger partial charge in [-0.1, -0.05) is 17.7 Å². The highest BCUT2D eigenvalue weighted by Crippen LogP contribution is 2.40. The van der Waals surface area contributed by atoms with Gasteiger partial charge in [0, 0.05) is 18.0 Å². The van der Waals surface area contributed by atoms with Crippen LogP contribution in [0.2, 0.25) is 5.02 Å². The van der Waals surface area contributed by atoms with E-state index in [1.165, 1.54) is 31.3 Å². The molecule has 0 N–H and O–H groups in total. The predicted molar refractivity (Wildman–Crippen MR) is 118 cm³/mol. The molecule has 3 aromatic heterocycles. The van der Waals surface area contributed by atoms with Crippen molar-refractivity contribution in [2.24, 2.45) is 5.10 Å². The van der Waals surface area contributed by atoms with Gasteiger partial charge in [-0.2, -0.15) is 31.4 Å². The Kier molecular flexibility index (Phi) is 5.43. The van der Waals surface area contributed by atoms with Crippen LogP contribution in [0.5, 0.6) is 0 Å². The third-order valence-corrected chi connectivity index (χ3v) is 5.92. The summed E-state index contributed by atoms with van der Waals surface area (Å²) >= 11 is 6.13. The average Bonchev–Trinajstić information content (AvgIpc) is 3.25. The first-order valence-corrected chi connectivity index (χ1v) is 10.6. The minimum absolute atomic E-state index is 0.00604. The number of aromatic nitrogens is 3. The number of hydrogen-bond donors (Lipinski definition) is 0. The SMILES string of the molecule is Cc1c2ccc(C(F)(F)F)nc2cc2c(=O)oc(C3CC(C(F)(F)F)=NN3c3ncccc3Cl)nc12. The molecule has 36 heavy (non-hydrogen) atoms. The molecule has 4 heterocycles. The molecule has 0 amide bonds. The number of alkyl halides is 6. The Morgan fingerprint density at radius 3 is 2.47 bits per heavy atom. The van der Waals surface area contributed by atoms with E-state index in [1.54, 1.807) is 0 Å². The molecule has 1 atom stereocenters. The molecule has 4 aromatic rings. The zero-order valence-corrected chi connectivity index (χ0v) is 18.7. The van der Waals surface area contributed by atoms with Crippen LogP contribution in [0.3, 0.4) is 0 Å². The largest absolute Gasteiger partial charge is 0.433 e. The maximum atomic E-state index is 13.5. The third-order valence-electron chi connectivity index (χ3n) is 5.63. The smallest absolute Gasteiger partial charge is 0.405 e. The molecule has 1 aliphatic rings. The number of nitrogens with zero attached hydrogens (tertiary/aromatic N) is 5. The van der Waals surface area contributed by atoms with Crippen LogP contribution in [0.15, 0.2) is 50.8 Å². The summed E-state index contributed by atoms with van der Waals surface area (Å²) in [5.41, 5.74) is -3.07. The van der Waals surface area contributed by atoms with Gasteiger partial charge >= 0.3 is 18.0 Å². The highest BCUT2D eigenvalue weighted by molar-refractivity contribution is 6.33. The number of fused-ring (bicyclic) bond motifs is 2. The van der Waals surface area contributed by atoms with E-state index in [1.807, 2.05) is 0 Å². The van der Waals surface area contributed by atoms with Crippen molar-refractivity contribution in [2.45, 2.75) is 31.7 Å². The number of pyridine rings is 2. The lowest BCUT2D eigenvalue weighted by atomic mass is 10.0. The fraction of sp³-hybridized carbons (Fsp3) is 0.227. The van der Waals surface area contributed by atoms with Gasteiger partial charge in [0.05, 0.1) is 21.4 Å². The van der Waals surface area contributed by atoms with Gasteiger partial charge in [0.15, 0.2) is 5.82 Å². The van der Waals surface area contributed by atoms with E-state index in [9.17, 15) is 31.1 Å². The van der Waals surface area contributed by atoms with Crippen LogP contribution in [0, 0.1) is 6.92 Å². The Balaban J connectivity index is 1.69. The maximum absolute atomic E-state index is 13.5. The lowest BCUT2D eigenvalue weighted by Crippen LogP contribution is -2.23. The number of benzene rings is 1. The van der Waals surface area contributed by atoms with Gasteiger partial charge in [-0.05, 0) is 36.8 Å². The van der Waals surface area contributed by atoms with Crippen LogP contribution in [-0.2, 0) is 6.18 Å². The molecule has 0 saturated heterocycles. The highest BCUT2D eigenvalue weighted by atomic mass is 35.5. The number of rotatable bonds is 2. The van der Waals surface area contributed by atoms with Gasteiger partial charge in [0.1, 0.15) is 17.4 Å². The van der Waals surface area contributed by atoms with Gasteiger partial charge in [-0.3, -0.25) is 0 Å². The Morgan fingerprint density at radius 2 is 1.81 bits per heavy atom. The van der Waals surface area contributed by atoms with Gasteiger partial charge in [0.25, 0.3) is 0 Å². The molecule has 7 nitrogen and oxygen atoms in total.